The standard InChI is InChI=1S/C17H22N2O2/c1-17(2,11-5-7-13(18)15(9-11)20-3)12-6-8-14(19)16(10-12)21-4/h5-10H,18-19H2,1-4H3. The largest absolute Gasteiger partial charge is 0.495 e. The fraction of sp³-hybridized carbons (Fsp3) is 0.294. The Kier molecular flexibility index (Phi) is 3.98. The summed E-state index contributed by atoms with van der Waals surface area (Å²) >= 11 is 0. The third-order valence-electron chi connectivity index (χ3n) is 3.91. The Morgan fingerprint density at radius 2 is 1.14 bits per heavy atom. The molecular formula is C17H22N2O2. The molecule has 4 nitrogen and oxygen atoms in total. The summed E-state index contributed by atoms with van der Waals surface area (Å²) in [7, 11) is 3.24. The van der Waals surface area contributed by atoms with Gasteiger partial charge in [0.05, 0.1) is 25.6 Å². The summed E-state index contributed by atoms with van der Waals surface area (Å²) in [6.07, 6.45) is 0. The summed E-state index contributed by atoms with van der Waals surface area (Å²) in [6.45, 7) is 4.28. The molecule has 0 spiro atoms. The normalized spacial score (nSPS) is 11.2. The number of rotatable bonds is 4. The highest BCUT2D eigenvalue weighted by molar-refractivity contribution is 5.59. The number of nitrogen functional groups attached to an aromatic ring is 2. The van der Waals surface area contributed by atoms with Crippen LogP contribution in [0.3, 0.4) is 0 Å². The van der Waals surface area contributed by atoms with Gasteiger partial charge in [-0.25, -0.2) is 0 Å². The van der Waals surface area contributed by atoms with E-state index in [2.05, 4.69) is 13.8 Å². The molecule has 0 unspecified atom stereocenters. The van der Waals surface area contributed by atoms with Gasteiger partial charge < -0.3 is 20.9 Å². The van der Waals surface area contributed by atoms with Gasteiger partial charge in [-0.15, -0.1) is 0 Å². The quantitative estimate of drug-likeness (QED) is 0.847. The lowest BCUT2D eigenvalue weighted by atomic mass is 9.78. The van der Waals surface area contributed by atoms with Gasteiger partial charge in [0.2, 0.25) is 0 Å². The van der Waals surface area contributed by atoms with Crippen LogP contribution in [0.15, 0.2) is 36.4 Å². The van der Waals surface area contributed by atoms with Crippen molar-refractivity contribution in [2.24, 2.45) is 0 Å². The van der Waals surface area contributed by atoms with E-state index in [9.17, 15) is 0 Å². The first-order valence-corrected chi connectivity index (χ1v) is 6.78. The Morgan fingerprint density at radius 1 is 0.762 bits per heavy atom. The van der Waals surface area contributed by atoms with E-state index < -0.39 is 0 Å². The van der Waals surface area contributed by atoms with Crippen molar-refractivity contribution >= 4 is 11.4 Å². The van der Waals surface area contributed by atoms with Crippen LogP contribution in [0.4, 0.5) is 11.4 Å². The van der Waals surface area contributed by atoms with Crippen molar-refractivity contribution in [3.8, 4) is 11.5 Å². The Labute approximate surface area is 125 Å². The first kappa shape index (κ1) is 15.0. The number of hydrogen-bond donors (Lipinski definition) is 2. The van der Waals surface area contributed by atoms with Crippen LogP contribution >= 0.6 is 0 Å². The lowest BCUT2D eigenvalue weighted by Gasteiger charge is -2.27. The fourth-order valence-electron chi connectivity index (χ4n) is 2.37. The van der Waals surface area contributed by atoms with E-state index in [0.717, 1.165) is 11.1 Å². The Hall–Kier alpha value is -2.36. The second-order valence-electron chi connectivity index (χ2n) is 5.54. The molecule has 0 aliphatic rings. The number of anilines is 2. The molecule has 2 aromatic carbocycles. The zero-order chi connectivity index (χ0) is 15.6. The number of ether oxygens (including phenoxy) is 2. The van der Waals surface area contributed by atoms with Gasteiger partial charge in [0, 0.05) is 5.41 Å². The zero-order valence-corrected chi connectivity index (χ0v) is 12.9. The average Bonchev–Trinajstić information content (AvgIpc) is 2.47. The number of nitrogens with two attached hydrogens (primary N) is 2. The van der Waals surface area contributed by atoms with Crippen molar-refractivity contribution in [2.45, 2.75) is 19.3 Å². The van der Waals surface area contributed by atoms with Crippen LogP contribution in [0, 0.1) is 0 Å². The van der Waals surface area contributed by atoms with E-state index in [1.807, 2.05) is 36.4 Å². The fourth-order valence-corrected chi connectivity index (χ4v) is 2.37. The maximum Gasteiger partial charge on any atom is 0.142 e. The minimum absolute atomic E-state index is 0.220. The van der Waals surface area contributed by atoms with Gasteiger partial charge in [0.15, 0.2) is 0 Å². The molecule has 0 heterocycles. The van der Waals surface area contributed by atoms with Crippen LogP contribution in [0.1, 0.15) is 25.0 Å². The maximum atomic E-state index is 5.89. The molecule has 112 valence electrons. The molecule has 2 aromatic rings. The monoisotopic (exact) mass is 286 g/mol. The molecule has 4 heteroatoms. The van der Waals surface area contributed by atoms with Gasteiger partial charge in [-0.05, 0) is 35.4 Å². The summed E-state index contributed by atoms with van der Waals surface area (Å²) in [4.78, 5) is 0. The van der Waals surface area contributed by atoms with Gasteiger partial charge in [-0.3, -0.25) is 0 Å². The first-order chi connectivity index (χ1) is 9.90. The molecule has 0 amide bonds. The second-order valence-corrected chi connectivity index (χ2v) is 5.54. The predicted octanol–water partition coefficient (Wildman–Crippen LogP) is 3.19. The van der Waals surface area contributed by atoms with Crippen LogP contribution in [0.25, 0.3) is 0 Å². The van der Waals surface area contributed by atoms with Crippen LogP contribution in [0.2, 0.25) is 0 Å². The first-order valence-electron chi connectivity index (χ1n) is 6.78. The predicted molar refractivity (Wildman–Crippen MR) is 86.9 cm³/mol. The average molecular weight is 286 g/mol. The zero-order valence-electron chi connectivity index (χ0n) is 12.9. The SMILES string of the molecule is COc1cc(C(C)(C)c2ccc(N)c(OC)c2)ccc1N. The smallest absolute Gasteiger partial charge is 0.142 e. The van der Waals surface area contributed by atoms with E-state index >= 15 is 0 Å². The molecule has 0 bridgehead atoms. The summed E-state index contributed by atoms with van der Waals surface area (Å²) < 4.78 is 10.6. The van der Waals surface area contributed by atoms with Crippen LogP contribution in [-0.4, -0.2) is 14.2 Å². The number of methoxy groups -OCH3 is 2. The third kappa shape index (κ3) is 2.75. The second kappa shape index (κ2) is 5.56. The van der Waals surface area contributed by atoms with Gasteiger partial charge in [-0.1, -0.05) is 26.0 Å². The molecule has 0 aliphatic carbocycles. The highest BCUT2D eigenvalue weighted by Gasteiger charge is 2.25. The third-order valence-corrected chi connectivity index (χ3v) is 3.91. The molecule has 21 heavy (non-hydrogen) atoms. The van der Waals surface area contributed by atoms with Crippen LogP contribution < -0.4 is 20.9 Å². The Morgan fingerprint density at radius 3 is 1.48 bits per heavy atom. The Balaban J connectivity index is 2.50. The van der Waals surface area contributed by atoms with Crippen molar-refractivity contribution in [1.82, 2.24) is 0 Å². The maximum absolute atomic E-state index is 5.89. The molecule has 0 saturated heterocycles. The van der Waals surface area contributed by atoms with E-state index in [1.165, 1.54) is 0 Å². The highest BCUT2D eigenvalue weighted by atomic mass is 16.5. The molecule has 0 radical (unpaired) electrons. The Bertz CT molecular complexity index is 596. The molecule has 2 rings (SSSR count). The van der Waals surface area contributed by atoms with Crippen molar-refractivity contribution in [3.05, 3.63) is 47.5 Å². The van der Waals surface area contributed by atoms with Gasteiger partial charge in [0.25, 0.3) is 0 Å². The molecule has 0 aromatic heterocycles. The topological polar surface area (TPSA) is 70.5 Å². The highest BCUT2D eigenvalue weighted by Crippen LogP contribution is 2.37. The van der Waals surface area contributed by atoms with Gasteiger partial charge >= 0.3 is 0 Å². The molecule has 0 atom stereocenters. The lowest BCUT2D eigenvalue weighted by Crippen LogP contribution is -2.19. The summed E-state index contributed by atoms with van der Waals surface area (Å²) in [5.74, 6) is 1.37. The molecule has 0 saturated carbocycles. The van der Waals surface area contributed by atoms with Gasteiger partial charge in [-0.2, -0.15) is 0 Å². The summed E-state index contributed by atoms with van der Waals surface area (Å²) in [5, 5.41) is 0. The lowest BCUT2D eigenvalue weighted by molar-refractivity contribution is 0.414. The van der Waals surface area contributed by atoms with E-state index in [1.54, 1.807) is 14.2 Å². The molecule has 0 aliphatic heterocycles. The minimum atomic E-state index is -0.220. The summed E-state index contributed by atoms with van der Waals surface area (Å²) in [5.41, 5.74) is 15.0. The van der Waals surface area contributed by atoms with E-state index in [-0.39, 0.29) is 5.41 Å². The molecule has 4 N–H and O–H groups in total. The molecule has 0 fully saturated rings. The summed E-state index contributed by atoms with van der Waals surface area (Å²) in [6, 6.07) is 11.7. The number of hydrogen-bond acceptors (Lipinski definition) is 4. The van der Waals surface area contributed by atoms with Crippen molar-refractivity contribution in [1.29, 1.82) is 0 Å². The van der Waals surface area contributed by atoms with Crippen LogP contribution in [-0.2, 0) is 5.41 Å². The van der Waals surface area contributed by atoms with Crippen molar-refractivity contribution in [2.75, 3.05) is 25.7 Å². The van der Waals surface area contributed by atoms with Crippen molar-refractivity contribution in [3.63, 3.8) is 0 Å². The van der Waals surface area contributed by atoms with E-state index in [0.29, 0.717) is 22.9 Å². The number of benzene rings is 2. The molecular weight excluding hydrogens is 264 g/mol. The van der Waals surface area contributed by atoms with Gasteiger partial charge in [0.1, 0.15) is 11.5 Å². The van der Waals surface area contributed by atoms with Crippen LogP contribution in [0.5, 0.6) is 11.5 Å². The minimum Gasteiger partial charge on any atom is -0.495 e. The van der Waals surface area contributed by atoms with Crippen molar-refractivity contribution < 1.29 is 9.47 Å². The van der Waals surface area contributed by atoms with E-state index in [4.69, 9.17) is 20.9 Å².